The van der Waals surface area contributed by atoms with Crippen molar-refractivity contribution in [2.24, 2.45) is 34.6 Å². The summed E-state index contributed by atoms with van der Waals surface area (Å²) >= 11 is 0. The topological polar surface area (TPSA) is 52.0 Å². The highest BCUT2D eigenvalue weighted by Crippen LogP contribution is 2.52. The average Bonchev–Trinajstić information content (AvgIpc) is 2.26. The third-order valence-corrected chi connectivity index (χ3v) is 5.98. The van der Waals surface area contributed by atoms with Crippen LogP contribution in [0.2, 0.25) is 0 Å². The minimum Gasteiger partial charge on any atom is -0.313 e. The molecule has 17 heavy (non-hydrogen) atoms. The first kappa shape index (κ1) is 13.4. The molecule has 2 aliphatic rings. The predicted molar refractivity (Wildman–Crippen MR) is 73.3 cm³/mol. The van der Waals surface area contributed by atoms with E-state index >= 15 is 0 Å². The van der Waals surface area contributed by atoms with E-state index in [4.69, 9.17) is 11.5 Å². The van der Waals surface area contributed by atoms with Crippen LogP contribution in [0.4, 0.5) is 0 Å². The highest BCUT2D eigenvalue weighted by atomic mass is 15.0. The van der Waals surface area contributed by atoms with Crippen LogP contribution >= 0.6 is 0 Å². The van der Waals surface area contributed by atoms with Gasteiger partial charge in [-0.25, -0.2) is 0 Å². The zero-order valence-corrected chi connectivity index (χ0v) is 11.8. The molecule has 0 heterocycles. The molecule has 0 aromatic heterocycles. The fraction of sp³-hybridized carbons (Fsp3) is 1.00. The van der Waals surface area contributed by atoms with E-state index in [2.05, 4.69) is 20.8 Å². The molecule has 0 spiro atoms. The SMILES string of the molecule is CC1CCCC(C2(C)CCCC(C)C2(N)N)C1. The summed E-state index contributed by atoms with van der Waals surface area (Å²) in [5, 5.41) is 0. The van der Waals surface area contributed by atoms with Gasteiger partial charge in [0.1, 0.15) is 0 Å². The highest BCUT2D eigenvalue weighted by Gasteiger charge is 2.52. The van der Waals surface area contributed by atoms with Gasteiger partial charge in [0, 0.05) is 5.41 Å². The van der Waals surface area contributed by atoms with Crippen LogP contribution in [0.5, 0.6) is 0 Å². The standard InChI is InChI=1S/C15H30N2/c1-11-6-4-8-13(10-11)14(3)9-5-7-12(2)15(14,16)17/h11-13H,4-10,16-17H2,1-3H3. The van der Waals surface area contributed by atoms with E-state index in [0.717, 1.165) is 11.8 Å². The number of hydrogen-bond acceptors (Lipinski definition) is 2. The molecule has 2 heteroatoms. The molecule has 0 amide bonds. The lowest BCUT2D eigenvalue weighted by molar-refractivity contribution is -0.0358. The van der Waals surface area contributed by atoms with Crippen molar-refractivity contribution < 1.29 is 0 Å². The Hall–Kier alpha value is -0.0800. The molecule has 0 saturated heterocycles. The summed E-state index contributed by atoms with van der Waals surface area (Å²) in [6.45, 7) is 6.99. The summed E-state index contributed by atoms with van der Waals surface area (Å²) in [6, 6.07) is 0. The first-order chi connectivity index (χ1) is 7.88. The molecule has 2 saturated carbocycles. The second-order valence-electron chi connectivity index (χ2n) is 7.11. The Morgan fingerprint density at radius 1 is 1.00 bits per heavy atom. The van der Waals surface area contributed by atoms with Crippen LogP contribution in [-0.4, -0.2) is 5.66 Å². The van der Waals surface area contributed by atoms with Crippen molar-refractivity contribution in [3.8, 4) is 0 Å². The predicted octanol–water partition coefficient (Wildman–Crippen LogP) is 3.25. The van der Waals surface area contributed by atoms with E-state index in [1.54, 1.807) is 0 Å². The van der Waals surface area contributed by atoms with Crippen molar-refractivity contribution in [1.29, 1.82) is 0 Å². The quantitative estimate of drug-likeness (QED) is 0.689. The lowest BCUT2D eigenvalue weighted by Gasteiger charge is -2.56. The molecule has 2 rings (SSSR count). The molecule has 4 unspecified atom stereocenters. The zero-order valence-electron chi connectivity index (χ0n) is 11.8. The minimum absolute atomic E-state index is 0.152. The molecule has 0 aliphatic heterocycles. The molecule has 0 aromatic carbocycles. The fourth-order valence-corrected chi connectivity index (χ4v) is 4.36. The molecular weight excluding hydrogens is 208 g/mol. The molecular formula is C15H30N2. The second kappa shape index (κ2) is 4.55. The summed E-state index contributed by atoms with van der Waals surface area (Å²) in [6.07, 6.45) is 9.16. The van der Waals surface area contributed by atoms with Crippen LogP contribution < -0.4 is 11.5 Å². The lowest BCUT2D eigenvalue weighted by atomic mass is 9.54. The van der Waals surface area contributed by atoms with Crippen LogP contribution in [0.15, 0.2) is 0 Å². The third-order valence-electron chi connectivity index (χ3n) is 5.98. The van der Waals surface area contributed by atoms with Crippen LogP contribution in [0.1, 0.15) is 65.7 Å². The molecule has 0 radical (unpaired) electrons. The van der Waals surface area contributed by atoms with Gasteiger partial charge >= 0.3 is 0 Å². The second-order valence-corrected chi connectivity index (χ2v) is 7.11. The van der Waals surface area contributed by atoms with Gasteiger partial charge in [-0.1, -0.05) is 40.0 Å². The highest BCUT2D eigenvalue weighted by molar-refractivity contribution is 5.05. The minimum atomic E-state index is -0.465. The molecule has 4 N–H and O–H groups in total. The van der Waals surface area contributed by atoms with Crippen molar-refractivity contribution in [3.05, 3.63) is 0 Å². The van der Waals surface area contributed by atoms with E-state index in [1.807, 2.05) is 0 Å². The molecule has 0 bridgehead atoms. The third kappa shape index (κ3) is 2.15. The van der Waals surface area contributed by atoms with Gasteiger partial charge in [0.05, 0.1) is 5.66 Å². The zero-order chi connectivity index (χ0) is 12.7. The van der Waals surface area contributed by atoms with Gasteiger partial charge in [-0.2, -0.15) is 0 Å². The Kier molecular flexibility index (Phi) is 3.57. The Balaban J connectivity index is 2.20. The normalized spacial score (nSPS) is 46.8. The summed E-state index contributed by atoms with van der Waals surface area (Å²) < 4.78 is 0. The number of nitrogens with two attached hydrogens (primary N) is 2. The van der Waals surface area contributed by atoms with Crippen LogP contribution in [0.3, 0.4) is 0 Å². The largest absolute Gasteiger partial charge is 0.313 e. The van der Waals surface area contributed by atoms with Crippen molar-refractivity contribution >= 4 is 0 Å². The maximum atomic E-state index is 6.55. The molecule has 2 aliphatic carbocycles. The maximum absolute atomic E-state index is 6.55. The summed E-state index contributed by atoms with van der Waals surface area (Å²) in [5.41, 5.74) is 12.8. The Morgan fingerprint density at radius 3 is 2.35 bits per heavy atom. The van der Waals surface area contributed by atoms with Crippen molar-refractivity contribution in [3.63, 3.8) is 0 Å². The Bertz CT molecular complexity index is 274. The van der Waals surface area contributed by atoms with E-state index in [0.29, 0.717) is 5.92 Å². The summed E-state index contributed by atoms with van der Waals surface area (Å²) in [5.74, 6) is 2.06. The smallest absolute Gasteiger partial charge is 0.0720 e. The van der Waals surface area contributed by atoms with Gasteiger partial charge in [0.15, 0.2) is 0 Å². The van der Waals surface area contributed by atoms with Gasteiger partial charge < -0.3 is 11.5 Å². The summed E-state index contributed by atoms with van der Waals surface area (Å²) in [7, 11) is 0. The monoisotopic (exact) mass is 238 g/mol. The maximum Gasteiger partial charge on any atom is 0.0720 e. The van der Waals surface area contributed by atoms with E-state index in [1.165, 1.54) is 44.9 Å². The summed E-state index contributed by atoms with van der Waals surface area (Å²) in [4.78, 5) is 0. The van der Waals surface area contributed by atoms with Crippen molar-refractivity contribution in [2.45, 2.75) is 71.4 Å². The first-order valence-corrected chi connectivity index (χ1v) is 7.45. The van der Waals surface area contributed by atoms with Crippen LogP contribution in [-0.2, 0) is 0 Å². The van der Waals surface area contributed by atoms with Gasteiger partial charge in [-0.05, 0) is 43.4 Å². The van der Waals surface area contributed by atoms with Gasteiger partial charge in [-0.3, -0.25) is 0 Å². The van der Waals surface area contributed by atoms with Gasteiger partial charge in [0.25, 0.3) is 0 Å². The van der Waals surface area contributed by atoms with Crippen molar-refractivity contribution in [1.82, 2.24) is 0 Å². The Morgan fingerprint density at radius 2 is 1.71 bits per heavy atom. The van der Waals surface area contributed by atoms with E-state index in [-0.39, 0.29) is 5.41 Å². The molecule has 0 aromatic rings. The molecule has 100 valence electrons. The number of hydrogen-bond donors (Lipinski definition) is 2. The molecule has 2 nitrogen and oxygen atoms in total. The molecule has 2 fully saturated rings. The first-order valence-electron chi connectivity index (χ1n) is 7.45. The molecule has 4 atom stereocenters. The van der Waals surface area contributed by atoms with E-state index < -0.39 is 5.66 Å². The van der Waals surface area contributed by atoms with Crippen LogP contribution in [0, 0.1) is 23.2 Å². The van der Waals surface area contributed by atoms with Gasteiger partial charge in [0.2, 0.25) is 0 Å². The van der Waals surface area contributed by atoms with Gasteiger partial charge in [-0.15, -0.1) is 0 Å². The van der Waals surface area contributed by atoms with Crippen molar-refractivity contribution in [2.75, 3.05) is 0 Å². The Labute approximate surface area is 107 Å². The van der Waals surface area contributed by atoms with E-state index in [9.17, 15) is 0 Å². The van der Waals surface area contributed by atoms with Crippen LogP contribution in [0.25, 0.3) is 0 Å². The lowest BCUT2D eigenvalue weighted by Crippen LogP contribution is -2.69. The fourth-order valence-electron chi connectivity index (χ4n) is 4.36. The number of rotatable bonds is 1. The average molecular weight is 238 g/mol.